The second-order valence-corrected chi connectivity index (χ2v) is 7.48. The molecule has 1 amide bonds. The average Bonchev–Trinajstić information content (AvgIpc) is 2.65. The molecule has 2 aromatic rings. The number of likely N-dealkylation sites (N-methyl/N-ethyl adjacent to an activating group) is 1. The van der Waals surface area contributed by atoms with Crippen molar-refractivity contribution in [3.8, 4) is 0 Å². The second kappa shape index (κ2) is 8.78. The predicted octanol–water partition coefficient (Wildman–Crippen LogP) is 2.58. The summed E-state index contributed by atoms with van der Waals surface area (Å²) >= 11 is 0. The maximum Gasteiger partial charge on any atom is 0.241 e. The monoisotopic (exact) mass is 360 g/mol. The van der Waals surface area contributed by atoms with Gasteiger partial charge in [-0.25, -0.2) is 13.1 Å². The quantitative estimate of drug-likeness (QED) is 0.787. The SMILES string of the molecule is CCc1ccc(S(=O)(=O)NCC(=O)N(CC)Cc2ccccc2)cc1. The zero-order valence-electron chi connectivity index (χ0n) is 14.6. The molecule has 2 aromatic carbocycles. The van der Waals surface area contributed by atoms with Crippen LogP contribution in [0, 0.1) is 0 Å². The molecule has 6 heteroatoms. The number of aryl methyl sites for hydroxylation is 1. The van der Waals surface area contributed by atoms with Gasteiger partial charge < -0.3 is 4.90 Å². The largest absolute Gasteiger partial charge is 0.338 e. The van der Waals surface area contributed by atoms with Crippen LogP contribution in [0.5, 0.6) is 0 Å². The number of carbonyl (C=O) groups is 1. The summed E-state index contributed by atoms with van der Waals surface area (Å²) in [5.41, 5.74) is 2.07. The molecule has 134 valence electrons. The molecule has 0 aliphatic heterocycles. The summed E-state index contributed by atoms with van der Waals surface area (Å²) < 4.78 is 27.0. The lowest BCUT2D eigenvalue weighted by atomic mass is 10.2. The van der Waals surface area contributed by atoms with Crippen molar-refractivity contribution < 1.29 is 13.2 Å². The zero-order valence-corrected chi connectivity index (χ0v) is 15.4. The van der Waals surface area contributed by atoms with Crippen molar-refractivity contribution in [2.45, 2.75) is 31.7 Å². The minimum atomic E-state index is -3.69. The molecule has 0 spiro atoms. The van der Waals surface area contributed by atoms with Gasteiger partial charge in [-0.15, -0.1) is 0 Å². The molecule has 0 saturated carbocycles. The van der Waals surface area contributed by atoms with Crippen LogP contribution in [0.4, 0.5) is 0 Å². The molecule has 0 atom stereocenters. The standard InChI is InChI=1S/C19H24N2O3S/c1-3-16-10-12-18(13-11-16)25(23,24)20-14-19(22)21(4-2)15-17-8-6-5-7-9-17/h5-13,20H,3-4,14-15H2,1-2H3. The van der Waals surface area contributed by atoms with Gasteiger partial charge in [0.15, 0.2) is 0 Å². The van der Waals surface area contributed by atoms with E-state index >= 15 is 0 Å². The fraction of sp³-hybridized carbons (Fsp3) is 0.316. The minimum absolute atomic E-state index is 0.170. The number of amides is 1. The maximum absolute atomic E-state index is 12.4. The highest BCUT2D eigenvalue weighted by molar-refractivity contribution is 7.89. The highest BCUT2D eigenvalue weighted by Crippen LogP contribution is 2.11. The summed E-state index contributed by atoms with van der Waals surface area (Å²) in [7, 11) is -3.69. The summed E-state index contributed by atoms with van der Waals surface area (Å²) in [6, 6.07) is 16.3. The summed E-state index contributed by atoms with van der Waals surface area (Å²) in [6.45, 7) is 4.60. The van der Waals surface area contributed by atoms with Crippen LogP contribution in [0.1, 0.15) is 25.0 Å². The Balaban J connectivity index is 1.98. The topological polar surface area (TPSA) is 66.5 Å². The Morgan fingerprint density at radius 2 is 1.60 bits per heavy atom. The van der Waals surface area contributed by atoms with Crippen molar-refractivity contribution in [2.24, 2.45) is 0 Å². The van der Waals surface area contributed by atoms with Gasteiger partial charge in [0, 0.05) is 13.1 Å². The van der Waals surface area contributed by atoms with Crippen molar-refractivity contribution in [3.05, 3.63) is 65.7 Å². The fourth-order valence-corrected chi connectivity index (χ4v) is 3.41. The molecule has 0 saturated heterocycles. The Labute approximate surface area is 149 Å². The second-order valence-electron chi connectivity index (χ2n) is 5.72. The molecule has 0 fully saturated rings. The van der Waals surface area contributed by atoms with Gasteiger partial charge in [-0.1, -0.05) is 49.4 Å². The van der Waals surface area contributed by atoms with E-state index in [0.29, 0.717) is 13.1 Å². The highest BCUT2D eigenvalue weighted by Gasteiger charge is 2.18. The van der Waals surface area contributed by atoms with Gasteiger partial charge in [0.1, 0.15) is 0 Å². The molecule has 0 aliphatic carbocycles. The van der Waals surface area contributed by atoms with E-state index in [2.05, 4.69) is 4.72 Å². The van der Waals surface area contributed by atoms with E-state index < -0.39 is 10.0 Å². The number of hydrogen-bond acceptors (Lipinski definition) is 3. The first kappa shape index (κ1) is 19.1. The van der Waals surface area contributed by atoms with Crippen molar-refractivity contribution in [1.82, 2.24) is 9.62 Å². The average molecular weight is 360 g/mol. The Bertz CT molecular complexity index is 787. The summed E-state index contributed by atoms with van der Waals surface area (Å²) in [5, 5.41) is 0. The molecular weight excluding hydrogens is 336 g/mol. The van der Waals surface area contributed by atoms with Crippen LogP contribution >= 0.6 is 0 Å². The Morgan fingerprint density at radius 1 is 0.960 bits per heavy atom. The molecule has 0 radical (unpaired) electrons. The molecule has 0 bridgehead atoms. The van der Waals surface area contributed by atoms with Crippen LogP contribution in [-0.2, 0) is 27.8 Å². The van der Waals surface area contributed by atoms with Gasteiger partial charge in [0.05, 0.1) is 11.4 Å². The Morgan fingerprint density at radius 3 is 2.16 bits per heavy atom. The van der Waals surface area contributed by atoms with Gasteiger partial charge in [0.25, 0.3) is 0 Å². The lowest BCUT2D eigenvalue weighted by molar-refractivity contribution is -0.130. The molecule has 0 unspecified atom stereocenters. The number of hydrogen-bond donors (Lipinski definition) is 1. The Kier molecular flexibility index (Phi) is 6.73. The van der Waals surface area contributed by atoms with Crippen LogP contribution in [0.25, 0.3) is 0 Å². The third kappa shape index (κ3) is 5.41. The van der Waals surface area contributed by atoms with E-state index in [0.717, 1.165) is 17.5 Å². The van der Waals surface area contributed by atoms with Gasteiger partial charge in [0.2, 0.25) is 15.9 Å². The molecule has 0 aromatic heterocycles. The van der Waals surface area contributed by atoms with Gasteiger partial charge in [-0.2, -0.15) is 0 Å². The van der Waals surface area contributed by atoms with E-state index in [-0.39, 0.29) is 17.3 Å². The van der Waals surface area contributed by atoms with Crippen molar-refractivity contribution in [3.63, 3.8) is 0 Å². The summed E-state index contributed by atoms with van der Waals surface area (Å²) in [5.74, 6) is -0.250. The van der Waals surface area contributed by atoms with Gasteiger partial charge in [-0.3, -0.25) is 4.79 Å². The molecule has 25 heavy (non-hydrogen) atoms. The van der Waals surface area contributed by atoms with Crippen LogP contribution in [0.15, 0.2) is 59.5 Å². The van der Waals surface area contributed by atoms with Crippen molar-refractivity contribution >= 4 is 15.9 Å². The first-order valence-electron chi connectivity index (χ1n) is 8.36. The lowest BCUT2D eigenvalue weighted by Gasteiger charge is -2.21. The number of benzene rings is 2. The van der Waals surface area contributed by atoms with E-state index in [1.54, 1.807) is 29.2 Å². The fourth-order valence-electron chi connectivity index (χ4n) is 2.44. The van der Waals surface area contributed by atoms with Crippen molar-refractivity contribution in [2.75, 3.05) is 13.1 Å². The van der Waals surface area contributed by atoms with Crippen molar-refractivity contribution in [1.29, 1.82) is 0 Å². The molecule has 0 heterocycles. The Hall–Kier alpha value is -2.18. The van der Waals surface area contributed by atoms with E-state index in [4.69, 9.17) is 0 Å². The normalized spacial score (nSPS) is 11.3. The number of sulfonamides is 1. The molecule has 5 nitrogen and oxygen atoms in total. The molecule has 1 N–H and O–H groups in total. The highest BCUT2D eigenvalue weighted by atomic mass is 32.2. The van der Waals surface area contributed by atoms with Gasteiger partial charge in [-0.05, 0) is 36.6 Å². The molecular formula is C19H24N2O3S. The number of nitrogens with one attached hydrogen (secondary N) is 1. The van der Waals surface area contributed by atoms with Crippen LogP contribution in [-0.4, -0.2) is 32.3 Å². The first-order valence-corrected chi connectivity index (χ1v) is 9.85. The summed E-state index contributed by atoms with van der Waals surface area (Å²) in [6.07, 6.45) is 0.844. The first-order chi connectivity index (χ1) is 12.0. The van der Waals surface area contributed by atoms with Crippen LogP contribution in [0.3, 0.4) is 0 Å². The lowest BCUT2D eigenvalue weighted by Crippen LogP contribution is -2.39. The third-order valence-corrected chi connectivity index (χ3v) is 5.42. The smallest absolute Gasteiger partial charge is 0.241 e. The van der Waals surface area contributed by atoms with Crippen LogP contribution in [0.2, 0.25) is 0 Å². The zero-order chi connectivity index (χ0) is 18.3. The number of rotatable bonds is 8. The van der Waals surface area contributed by atoms with E-state index in [1.165, 1.54) is 0 Å². The molecule has 0 aliphatic rings. The van der Waals surface area contributed by atoms with E-state index in [1.807, 2.05) is 44.2 Å². The number of carbonyl (C=O) groups excluding carboxylic acids is 1. The molecule has 2 rings (SSSR count). The number of nitrogens with zero attached hydrogens (tertiary/aromatic N) is 1. The predicted molar refractivity (Wildman–Crippen MR) is 98.5 cm³/mol. The van der Waals surface area contributed by atoms with Gasteiger partial charge >= 0.3 is 0 Å². The third-order valence-electron chi connectivity index (χ3n) is 4.01. The van der Waals surface area contributed by atoms with Crippen LogP contribution < -0.4 is 4.72 Å². The summed E-state index contributed by atoms with van der Waals surface area (Å²) in [4.78, 5) is 14.1. The van der Waals surface area contributed by atoms with E-state index in [9.17, 15) is 13.2 Å². The maximum atomic E-state index is 12.4. The minimum Gasteiger partial charge on any atom is -0.338 e.